The summed E-state index contributed by atoms with van der Waals surface area (Å²) in [6.45, 7) is 5.33. The van der Waals surface area contributed by atoms with Gasteiger partial charge in [-0.1, -0.05) is 41.6 Å². The lowest BCUT2D eigenvalue weighted by atomic mass is 10.1. The van der Waals surface area contributed by atoms with Crippen LogP contribution in [-0.4, -0.2) is 20.9 Å². The third-order valence-electron chi connectivity index (χ3n) is 4.16. The van der Waals surface area contributed by atoms with Gasteiger partial charge in [0.05, 0.1) is 17.4 Å². The molecule has 3 aromatic rings. The van der Waals surface area contributed by atoms with Crippen LogP contribution in [0.25, 0.3) is 5.69 Å². The van der Waals surface area contributed by atoms with Crippen LogP contribution in [0.5, 0.6) is 0 Å². The van der Waals surface area contributed by atoms with Crippen LogP contribution in [0.15, 0.2) is 48.5 Å². The van der Waals surface area contributed by atoms with E-state index < -0.39 is 0 Å². The zero-order valence-electron chi connectivity index (χ0n) is 14.3. The van der Waals surface area contributed by atoms with Crippen molar-refractivity contribution in [3.05, 3.63) is 76.9 Å². The van der Waals surface area contributed by atoms with Crippen LogP contribution in [0, 0.1) is 19.7 Å². The zero-order chi connectivity index (χ0) is 18.0. The number of aromatic nitrogens is 3. The van der Waals surface area contributed by atoms with E-state index in [-0.39, 0.29) is 23.5 Å². The van der Waals surface area contributed by atoms with E-state index >= 15 is 0 Å². The van der Waals surface area contributed by atoms with Crippen LogP contribution in [0.3, 0.4) is 0 Å². The summed E-state index contributed by atoms with van der Waals surface area (Å²) >= 11 is 0. The van der Waals surface area contributed by atoms with Crippen molar-refractivity contribution in [3.8, 4) is 5.69 Å². The average Bonchev–Trinajstić information content (AvgIpc) is 2.99. The van der Waals surface area contributed by atoms with E-state index in [0.717, 1.165) is 5.56 Å². The third kappa shape index (κ3) is 3.42. The Morgan fingerprint density at radius 3 is 2.56 bits per heavy atom. The van der Waals surface area contributed by atoms with Crippen LogP contribution in [0.2, 0.25) is 0 Å². The van der Waals surface area contributed by atoms with Crippen LogP contribution in [0.1, 0.15) is 40.3 Å². The van der Waals surface area contributed by atoms with Crippen molar-refractivity contribution in [2.24, 2.45) is 0 Å². The molecule has 0 unspecified atom stereocenters. The number of nitrogens with one attached hydrogen (secondary N) is 1. The van der Waals surface area contributed by atoms with E-state index in [0.29, 0.717) is 16.9 Å². The number of hydrogen-bond acceptors (Lipinski definition) is 3. The van der Waals surface area contributed by atoms with Gasteiger partial charge in [0, 0.05) is 0 Å². The molecule has 1 amide bonds. The molecule has 6 heteroatoms. The molecule has 0 aliphatic heterocycles. The molecule has 25 heavy (non-hydrogen) atoms. The Morgan fingerprint density at radius 1 is 1.16 bits per heavy atom. The number of nitrogens with zero attached hydrogens (tertiary/aromatic N) is 3. The van der Waals surface area contributed by atoms with E-state index in [9.17, 15) is 9.18 Å². The number of amides is 1. The molecule has 0 saturated heterocycles. The molecule has 0 radical (unpaired) electrons. The Kier molecular flexibility index (Phi) is 4.61. The smallest absolute Gasteiger partial charge is 0.274 e. The fraction of sp³-hybridized carbons (Fsp3) is 0.211. The quantitative estimate of drug-likeness (QED) is 0.792. The summed E-state index contributed by atoms with van der Waals surface area (Å²) in [7, 11) is 0. The summed E-state index contributed by atoms with van der Waals surface area (Å²) in [5.41, 5.74) is 2.87. The molecule has 0 aliphatic rings. The SMILES string of the molecule is Cc1ccc(-n2nnc(C(=O)N[C@@H](C)c3ccccc3)c2C)cc1F. The second-order valence-electron chi connectivity index (χ2n) is 5.97. The summed E-state index contributed by atoms with van der Waals surface area (Å²) in [5, 5.41) is 10.9. The Morgan fingerprint density at radius 2 is 1.88 bits per heavy atom. The molecular weight excluding hydrogens is 319 g/mol. The van der Waals surface area contributed by atoms with E-state index in [2.05, 4.69) is 15.6 Å². The minimum absolute atomic E-state index is 0.157. The lowest BCUT2D eigenvalue weighted by molar-refractivity contribution is 0.0934. The van der Waals surface area contributed by atoms with Gasteiger partial charge in [0.1, 0.15) is 5.82 Å². The molecule has 1 atom stereocenters. The number of aryl methyl sites for hydroxylation is 1. The van der Waals surface area contributed by atoms with E-state index in [1.165, 1.54) is 10.7 Å². The van der Waals surface area contributed by atoms with Gasteiger partial charge < -0.3 is 5.32 Å². The van der Waals surface area contributed by atoms with Crippen LogP contribution in [0.4, 0.5) is 4.39 Å². The van der Waals surface area contributed by atoms with E-state index in [1.54, 1.807) is 26.0 Å². The lowest BCUT2D eigenvalue weighted by Gasteiger charge is -2.13. The third-order valence-corrected chi connectivity index (χ3v) is 4.16. The van der Waals surface area contributed by atoms with Crippen molar-refractivity contribution in [3.63, 3.8) is 0 Å². The van der Waals surface area contributed by atoms with Crippen LogP contribution >= 0.6 is 0 Å². The molecule has 1 heterocycles. The summed E-state index contributed by atoms with van der Waals surface area (Å²) in [5.74, 6) is -0.635. The highest BCUT2D eigenvalue weighted by atomic mass is 19.1. The molecule has 5 nitrogen and oxygen atoms in total. The fourth-order valence-electron chi connectivity index (χ4n) is 2.59. The summed E-state index contributed by atoms with van der Waals surface area (Å²) in [4.78, 5) is 12.5. The normalized spacial score (nSPS) is 12.0. The van der Waals surface area contributed by atoms with Gasteiger partial charge in [0.25, 0.3) is 5.91 Å². The number of benzene rings is 2. The van der Waals surface area contributed by atoms with Crippen LogP contribution < -0.4 is 5.32 Å². The van der Waals surface area contributed by atoms with E-state index in [1.807, 2.05) is 37.3 Å². The Hall–Kier alpha value is -3.02. The first-order chi connectivity index (χ1) is 12.0. The van der Waals surface area contributed by atoms with Crippen molar-refractivity contribution < 1.29 is 9.18 Å². The summed E-state index contributed by atoms with van der Waals surface area (Å²) in [6, 6.07) is 14.3. The second-order valence-corrected chi connectivity index (χ2v) is 5.97. The number of carbonyl (C=O) groups excluding carboxylic acids is 1. The first-order valence-electron chi connectivity index (χ1n) is 8.02. The molecule has 0 saturated carbocycles. The minimum Gasteiger partial charge on any atom is -0.344 e. The second kappa shape index (κ2) is 6.84. The van der Waals surface area contributed by atoms with E-state index in [4.69, 9.17) is 0 Å². The molecule has 1 N–H and O–H groups in total. The largest absolute Gasteiger partial charge is 0.344 e. The molecule has 3 rings (SSSR count). The summed E-state index contributed by atoms with van der Waals surface area (Å²) in [6.07, 6.45) is 0. The topological polar surface area (TPSA) is 59.8 Å². The highest BCUT2D eigenvalue weighted by molar-refractivity contribution is 5.93. The van der Waals surface area contributed by atoms with Gasteiger partial charge in [-0.2, -0.15) is 0 Å². The number of halogens is 1. The summed E-state index contributed by atoms with van der Waals surface area (Å²) < 4.78 is 15.2. The van der Waals surface area contributed by atoms with Crippen molar-refractivity contribution >= 4 is 5.91 Å². The Bertz CT molecular complexity index is 905. The molecule has 2 aromatic carbocycles. The predicted octanol–water partition coefficient (Wildman–Crippen LogP) is 3.51. The molecule has 1 aromatic heterocycles. The van der Waals surface area contributed by atoms with Gasteiger partial charge in [-0.3, -0.25) is 4.79 Å². The zero-order valence-corrected chi connectivity index (χ0v) is 14.3. The Labute approximate surface area is 145 Å². The highest BCUT2D eigenvalue weighted by Crippen LogP contribution is 2.17. The fourth-order valence-corrected chi connectivity index (χ4v) is 2.59. The van der Waals surface area contributed by atoms with Gasteiger partial charge in [-0.25, -0.2) is 9.07 Å². The molecule has 128 valence electrons. The minimum atomic E-state index is -0.323. The van der Waals surface area contributed by atoms with Crippen molar-refractivity contribution in [2.75, 3.05) is 0 Å². The number of rotatable bonds is 4. The molecule has 0 fully saturated rings. The lowest BCUT2D eigenvalue weighted by Crippen LogP contribution is -2.27. The Balaban J connectivity index is 1.83. The average molecular weight is 338 g/mol. The maximum Gasteiger partial charge on any atom is 0.274 e. The number of hydrogen-bond donors (Lipinski definition) is 1. The molecular formula is C19H19FN4O. The first-order valence-corrected chi connectivity index (χ1v) is 8.02. The van der Waals surface area contributed by atoms with Gasteiger partial charge in [-0.15, -0.1) is 5.10 Å². The maximum atomic E-state index is 13.8. The van der Waals surface area contributed by atoms with Crippen molar-refractivity contribution in [2.45, 2.75) is 26.8 Å². The maximum absolute atomic E-state index is 13.8. The standard InChI is InChI=1S/C19H19FN4O/c1-12-9-10-16(11-17(12)20)24-14(3)18(22-23-24)19(25)21-13(2)15-7-5-4-6-8-15/h4-11,13H,1-3H3,(H,21,25)/t13-/m0/s1. The van der Waals surface area contributed by atoms with Gasteiger partial charge >= 0.3 is 0 Å². The number of carbonyl (C=O) groups is 1. The van der Waals surface area contributed by atoms with Gasteiger partial charge in [-0.05, 0) is 44.0 Å². The van der Waals surface area contributed by atoms with Gasteiger partial charge in [0.2, 0.25) is 0 Å². The van der Waals surface area contributed by atoms with Crippen LogP contribution in [-0.2, 0) is 0 Å². The molecule has 0 bridgehead atoms. The highest BCUT2D eigenvalue weighted by Gasteiger charge is 2.19. The molecule has 0 aliphatic carbocycles. The molecule has 0 spiro atoms. The van der Waals surface area contributed by atoms with Crippen molar-refractivity contribution in [1.29, 1.82) is 0 Å². The van der Waals surface area contributed by atoms with Crippen molar-refractivity contribution in [1.82, 2.24) is 20.3 Å². The predicted molar refractivity (Wildman–Crippen MR) is 93.1 cm³/mol. The monoisotopic (exact) mass is 338 g/mol. The first kappa shape index (κ1) is 16.8. The van der Waals surface area contributed by atoms with Gasteiger partial charge in [0.15, 0.2) is 5.69 Å².